The van der Waals surface area contributed by atoms with Crippen LogP contribution >= 0.6 is 22.9 Å². The number of hydrogen-bond donors (Lipinski definition) is 1. The van der Waals surface area contributed by atoms with E-state index < -0.39 is 0 Å². The van der Waals surface area contributed by atoms with Gasteiger partial charge in [0.2, 0.25) is 5.91 Å². The first-order chi connectivity index (χ1) is 12.6. The van der Waals surface area contributed by atoms with E-state index in [1.165, 1.54) is 11.3 Å². The van der Waals surface area contributed by atoms with Gasteiger partial charge in [-0.1, -0.05) is 11.6 Å². The Morgan fingerprint density at radius 3 is 2.85 bits per heavy atom. The molecule has 0 unspecified atom stereocenters. The first-order valence-corrected chi connectivity index (χ1v) is 9.38. The molecule has 0 saturated carbocycles. The van der Waals surface area contributed by atoms with E-state index in [-0.39, 0.29) is 12.3 Å². The van der Waals surface area contributed by atoms with Crippen LogP contribution in [-0.2, 0) is 11.2 Å². The third-order valence-corrected chi connectivity index (χ3v) is 5.01. The molecule has 1 amide bonds. The number of ether oxygens (including phenoxy) is 1. The molecule has 5 nitrogen and oxygen atoms in total. The molecule has 1 N–H and O–H groups in total. The SMILES string of the molecule is Cc1cc(OCCNC(=O)Cc2csc(-c3ccncc3)n2)ccc1Cl. The number of halogens is 1. The van der Waals surface area contributed by atoms with E-state index in [0.717, 1.165) is 27.6 Å². The van der Waals surface area contributed by atoms with Crippen LogP contribution in [-0.4, -0.2) is 29.0 Å². The van der Waals surface area contributed by atoms with Crippen LogP contribution in [0.5, 0.6) is 5.75 Å². The van der Waals surface area contributed by atoms with Crippen LogP contribution in [0, 0.1) is 6.92 Å². The van der Waals surface area contributed by atoms with Crippen molar-refractivity contribution in [3.63, 3.8) is 0 Å². The lowest BCUT2D eigenvalue weighted by Crippen LogP contribution is -2.29. The van der Waals surface area contributed by atoms with Crippen molar-refractivity contribution in [3.8, 4) is 16.3 Å². The lowest BCUT2D eigenvalue weighted by molar-refractivity contribution is -0.120. The standard InChI is InChI=1S/C19H18ClN3O2S/c1-13-10-16(2-3-17(13)20)25-9-8-22-18(24)11-15-12-26-19(23-15)14-4-6-21-7-5-14/h2-7,10,12H,8-9,11H2,1H3,(H,22,24). The van der Waals surface area contributed by atoms with Crippen molar-refractivity contribution in [2.75, 3.05) is 13.2 Å². The molecule has 0 aliphatic carbocycles. The fourth-order valence-corrected chi connectivity index (χ4v) is 3.25. The monoisotopic (exact) mass is 387 g/mol. The first-order valence-electron chi connectivity index (χ1n) is 8.12. The van der Waals surface area contributed by atoms with Gasteiger partial charge >= 0.3 is 0 Å². The van der Waals surface area contributed by atoms with Gasteiger partial charge in [-0.3, -0.25) is 9.78 Å². The summed E-state index contributed by atoms with van der Waals surface area (Å²) in [6.07, 6.45) is 3.71. The second-order valence-corrected chi connectivity index (χ2v) is 6.93. The van der Waals surface area contributed by atoms with Gasteiger partial charge in [-0.05, 0) is 42.8 Å². The highest BCUT2D eigenvalue weighted by Gasteiger charge is 2.09. The summed E-state index contributed by atoms with van der Waals surface area (Å²) in [5.74, 6) is 0.662. The maximum atomic E-state index is 12.0. The van der Waals surface area contributed by atoms with Gasteiger partial charge in [0, 0.05) is 28.4 Å². The largest absolute Gasteiger partial charge is 0.492 e. The number of nitrogens with one attached hydrogen (secondary N) is 1. The summed E-state index contributed by atoms with van der Waals surface area (Å²) in [6, 6.07) is 9.29. The molecule has 134 valence electrons. The fraction of sp³-hybridized carbons (Fsp3) is 0.211. The number of nitrogens with zero attached hydrogens (tertiary/aromatic N) is 2. The summed E-state index contributed by atoms with van der Waals surface area (Å²) in [4.78, 5) is 20.5. The van der Waals surface area contributed by atoms with Gasteiger partial charge in [0.05, 0.1) is 18.7 Å². The number of carbonyl (C=O) groups excluding carboxylic acids is 1. The van der Waals surface area contributed by atoms with Crippen molar-refractivity contribution in [1.82, 2.24) is 15.3 Å². The van der Waals surface area contributed by atoms with E-state index in [1.54, 1.807) is 18.5 Å². The zero-order valence-corrected chi connectivity index (χ0v) is 15.8. The lowest BCUT2D eigenvalue weighted by Gasteiger charge is -2.08. The van der Waals surface area contributed by atoms with Crippen LogP contribution < -0.4 is 10.1 Å². The Kier molecular flexibility index (Phi) is 6.20. The van der Waals surface area contributed by atoms with Gasteiger partial charge in [0.15, 0.2) is 0 Å². The number of rotatable bonds is 7. The Labute approximate surface area is 161 Å². The molecule has 3 aromatic rings. The second-order valence-electron chi connectivity index (χ2n) is 5.67. The van der Waals surface area contributed by atoms with E-state index in [4.69, 9.17) is 16.3 Å². The number of thiazole rings is 1. The van der Waals surface area contributed by atoms with Crippen molar-refractivity contribution in [3.05, 3.63) is 64.4 Å². The molecular weight excluding hydrogens is 370 g/mol. The average molecular weight is 388 g/mol. The Bertz CT molecular complexity index is 884. The van der Waals surface area contributed by atoms with Gasteiger partial charge in [-0.25, -0.2) is 4.98 Å². The summed E-state index contributed by atoms with van der Waals surface area (Å²) < 4.78 is 5.61. The molecule has 0 radical (unpaired) electrons. The number of aromatic nitrogens is 2. The quantitative estimate of drug-likeness (QED) is 0.624. The average Bonchev–Trinajstić information content (AvgIpc) is 3.11. The van der Waals surface area contributed by atoms with E-state index in [9.17, 15) is 4.79 Å². The molecule has 0 fully saturated rings. The predicted molar refractivity (Wildman–Crippen MR) is 104 cm³/mol. The minimum Gasteiger partial charge on any atom is -0.492 e. The summed E-state index contributed by atoms with van der Waals surface area (Å²) in [7, 11) is 0. The molecule has 2 heterocycles. The Hall–Kier alpha value is -2.44. The van der Waals surface area contributed by atoms with Crippen molar-refractivity contribution < 1.29 is 9.53 Å². The summed E-state index contributed by atoms with van der Waals surface area (Å²) in [5.41, 5.74) is 2.72. The highest BCUT2D eigenvalue weighted by Crippen LogP contribution is 2.23. The maximum Gasteiger partial charge on any atom is 0.226 e. The first kappa shape index (κ1) is 18.4. The summed E-state index contributed by atoms with van der Waals surface area (Å²) >= 11 is 7.50. The van der Waals surface area contributed by atoms with E-state index in [0.29, 0.717) is 18.2 Å². The molecule has 1 aromatic carbocycles. The molecule has 0 bridgehead atoms. The molecule has 0 atom stereocenters. The third kappa shape index (κ3) is 5.03. The van der Waals surface area contributed by atoms with Crippen LogP contribution in [0.4, 0.5) is 0 Å². The van der Waals surface area contributed by atoms with Gasteiger partial charge in [-0.2, -0.15) is 0 Å². The number of carbonyl (C=O) groups is 1. The van der Waals surface area contributed by atoms with Gasteiger partial charge < -0.3 is 10.1 Å². The molecule has 3 rings (SSSR count). The van der Waals surface area contributed by atoms with Crippen molar-refractivity contribution in [2.45, 2.75) is 13.3 Å². The minimum atomic E-state index is -0.0764. The molecule has 2 aromatic heterocycles. The van der Waals surface area contributed by atoms with Gasteiger partial charge in [0.1, 0.15) is 17.4 Å². The van der Waals surface area contributed by atoms with E-state index >= 15 is 0 Å². The Balaban J connectivity index is 1.43. The zero-order chi connectivity index (χ0) is 18.4. The number of benzene rings is 1. The fourth-order valence-electron chi connectivity index (χ4n) is 2.31. The third-order valence-electron chi connectivity index (χ3n) is 3.64. The number of amides is 1. The maximum absolute atomic E-state index is 12.0. The van der Waals surface area contributed by atoms with Crippen molar-refractivity contribution in [2.24, 2.45) is 0 Å². The molecule has 0 spiro atoms. The van der Waals surface area contributed by atoms with Gasteiger partial charge in [0.25, 0.3) is 0 Å². The second kappa shape index (κ2) is 8.78. The summed E-state index contributed by atoms with van der Waals surface area (Å²) in [5, 5.41) is 6.34. The van der Waals surface area contributed by atoms with Crippen molar-refractivity contribution >= 4 is 28.8 Å². The minimum absolute atomic E-state index is 0.0764. The molecule has 0 saturated heterocycles. The molecule has 26 heavy (non-hydrogen) atoms. The topological polar surface area (TPSA) is 64.1 Å². The zero-order valence-electron chi connectivity index (χ0n) is 14.2. The van der Waals surface area contributed by atoms with Crippen LogP contribution in [0.1, 0.15) is 11.3 Å². The normalized spacial score (nSPS) is 10.5. The Morgan fingerprint density at radius 1 is 1.27 bits per heavy atom. The number of aryl methyl sites for hydroxylation is 1. The lowest BCUT2D eigenvalue weighted by atomic mass is 10.2. The number of pyridine rings is 1. The number of hydrogen-bond acceptors (Lipinski definition) is 5. The molecule has 7 heteroatoms. The van der Waals surface area contributed by atoms with Crippen LogP contribution in [0.3, 0.4) is 0 Å². The van der Waals surface area contributed by atoms with Crippen LogP contribution in [0.25, 0.3) is 10.6 Å². The van der Waals surface area contributed by atoms with Crippen molar-refractivity contribution in [1.29, 1.82) is 0 Å². The molecule has 0 aliphatic heterocycles. The Morgan fingerprint density at radius 2 is 2.08 bits per heavy atom. The van der Waals surface area contributed by atoms with Crippen LogP contribution in [0.15, 0.2) is 48.1 Å². The highest BCUT2D eigenvalue weighted by molar-refractivity contribution is 7.13. The molecular formula is C19H18ClN3O2S. The summed E-state index contributed by atoms with van der Waals surface area (Å²) in [6.45, 7) is 2.75. The van der Waals surface area contributed by atoms with Crippen LogP contribution in [0.2, 0.25) is 5.02 Å². The van der Waals surface area contributed by atoms with E-state index in [1.807, 2.05) is 36.6 Å². The van der Waals surface area contributed by atoms with Gasteiger partial charge in [-0.15, -0.1) is 11.3 Å². The predicted octanol–water partition coefficient (Wildman–Crippen LogP) is 3.90. The smallest absolute Gasteiger partial charge is 0.226 e. The highest BCUT2D eigenvalue weighted by atomic mass is 35.5. The van der Waals surface area contributed by atoms with E-state index in [2.05, 4.69) is 15.3 Å². The molecule has 0 aliphatic rings.